The highest BCUT2D eigenvalue weighted by Crippen LogP contribution is 2.35. The molecule has 1 aliphatic heterocycles. The van der Waals surface area contributed by atoms with E-state index in [0.717, 1.165) is 25.4 Å². The van der Waals surface area contributed by atoms with Crippen molar-refractivity contribution in [3.63, 3.8) is 0 Å². The maximum absolute atomic E-state index is 12.3. The first-order valence-corrected chi connectivity index (χ1v) is 8.37. The molecule has 2 atom stereocenters. The maximum atomic E-state index is 12.3. The van der Waals surface area contributed by atoms with Crippen LogP contribution in [0.1, 0.15) is 71.1 Å². The van der Waals surface area contributed by atoms with Crippen molar-refractivity contribution in [3.8, 4) is 0 Å². The van der Waals surface area contributed by atoms with Crippen LogP contribution in [-0.2, 0) is 0 Å². The third-order valence-corrected chi connectivity index (χ3v) is 4.81. The van der Waals surface area contributed by atoms with E-state index in [1.54, 1.807) is 0 Å². The van der Waals surface area contributed by atoms with Crippen LogP contribution < -0.4 is 5.32 Å². The highest BCUT2D eigenvalue weighted by molar-refractivity contribution is 5.74. The predicted octanol–water partition coefficient (Wildman–Crippen LogP) is 3.93. The summed E-state index contributed by atoms with van der Waals surface area (Å²) in [5, 5.41) is 3.13. The standard InChI is InChI=1S/C16H30N2O/c1-2-3-4-7-12-17-16(19)18-13-8-10-14-9-5-6-11-15(14)18/h14-15H,2-13H2,1H3,(H,17,19)/t14-,15-/m0/s1. The minimum Gasteiger partial charge on any atom is -0.338 e. The summed E-state index contributed by atoms with van der Waals surface area (Å²) in [7, 11) is 0. The lowest BCUT2D eigenvalue weighted by atomic mass is 9.78. The molecule has 19 heavy (non-hydrogen) atoms. The molecule has 3 nitrogen and oxygen atoms in total. The molecule has 1 saturated carbocycles. The fourth-order valence-corrected chi connectivity index (χ4v) is 3.73. The number of rotatable bonds is 5. The third kappa shape index (κ3) is 4.12. The Kier molecular flexibility index (Phi) is 5.99. The van der Waals surface area contributed by atoms with E-state index in [1.807, 2.05) is 0 Å². The molecule has 0 aromatic carbocycles. The minimum atomic E-state index is 0.202. The number of unbranched alkanes of at least 4 members (excludes halogenated alkanes) is 3. The fraction of sp³-hybridized carbons (Fsp3) is 0.938. The molecule has 1 N–H and O–H groups in total. The Morgan fingerprint density at radius 3 is 2.74 bits per heavy atom. The van der Waals surface area contributed by atoms with E-state index in [9.17, 15) is 4.79 Å². The average Bonchev–Trinajstić information content (AvgIpc) is 2.46. The van der Waals surface area contributed by atoms with Crippen molar-refractivity contribution < 1.29 is 4.79 Å². The number of piperidine rings is 1. The summed E-state index contributed by atoms with van der Waals surface area (Å²) in [6, 6.07) is 0.742. The van der Waals surface area contributed by atoms with E-state index in [1.165, 1.54) is 57.8 Å². The van der Waals surface area contributed by atoms with E-state index in [2.05, 4.69) is 17.1 Å². The van der Waals surface area contributed by atoms with Gasteiger partial charge in [0.1, 0.15) is 0 Å². The van der Waals surface area contributed by atoms with Gasteiger partial charge < -0.3 is 10.2 Å². The lowest BCUT2D eigenvalue weighted by Gasteiger charge is -2.44. The van der Waals surface area contributed by atoms with Crippen LogP contribution in [0.3, 0.4) is 0 Å². The first-order chi connectivity index (χ1) is 9.33. The Hall–Kier alpha value is -0.730. The molecule has 3 heteroatoms. The molecule has 0 unspecified atom stereocenters. The molecule has 2 fully saturated rings. The van der Waals surface area contributed by atoms with E-state index < -0.39 is 0 Å². The Morgan fingerprint density at radius 2 is 1.89 bits per heavy atom. The lowest BCUT2D eigenvalue weighted by molar-refractivity contribution is 0.0842. The van der Waals surface area contributed by atoms with Gasteiger partial charge in [0, 0.05) is 19.1 Å². The van der Waals surface area contributed by atoms with Crippen molar-refractivity contribution in [3.05, 3.63) is 0 Å². The average molecular weight is 266 g/mol. The Bertz CT molecular complexity index is 278. The number of carbonyl (C=O) groups excluding carboxylic acids is 1. The number of hydrogen-bond donors (Lipinski definition) is 1. The van der Waals surface area contributed by atoms with Crippen molar-refractivity contribution >= 4 is 6.03 Å². The second-order valence-electron chi connectivity index (χ2n) is 6.24. The number of urea groups is 1. The van der Waals surface area contributed by atoms with Crippen LogP contribution in [0.2, 0.25) is 0 Å². The van der Waals surface area contributed by atoms with Crippen LogP contribution in [0, 0.1) is 5.92 Å². The normalized spacial score (nSPS) is 26.9. The van der Waals surface area contributed by atoms with E-state index >= 15 is 0 Å². The van der Waals surface area contributed by atoms with Gasteiger partial charge in [-0.25, -0.2) is 4.79 Å². The van der Waals surface area contributed by atoms with Gasteiger partial charge in [-0.1, -0.05) is 39.0 Å². The van der Waals surface area contributed by atoms with Gasteiger partial charge in [-0.3, -0.25) is 0 Å². The minimum absolute atomic E-state index is 0.202. The van der Waals surface area contributed by atoms with Gasteiger partial charge in [-0.05, 0) is 38.0 Å². The summed E-state index contributed by atoms with van der Waals surface area (Å²) >= 11 is 0. The van der Waals surface area contributed by atoms with Crippen LogP contribution in [0.25, 0.3) is 0 Å². The van der Waals surface area contributed by atoms with Gasteiger partial charge in [0.05, 0.1) is 0 Å². The van der Waals surface area contributed by atoms with Crippen LogP contribution >= 0.6 is 0 Å². The van der Waals surface area contributed by atoms with Crippen molar-refractivity contribution in [1.82, 2.24) is 10.2 Å². The molecule has 0 bridgehead atoms. The number of amides is 2. The third-order valence-electron chi connectivity index (χ3n) is 4.81. The smallest absolute Gasteiger partial charge is 0.317 e. The van der Waals surface area contributed by atoms with Crippen molar-refractivity contribution in [1.29, 1.82) is 0 Å². The van der Waals surface area contributed by atoms with Gasteiger partial charge in [0.15, 0.2) is 0 Å². The summed E-state index contributed by atoms with van der Waals surface area (Å²) < 4.78 is 0. The SMILES string of the molecule is CCCCCCNC(=O)N1CCC[C@@H]2CCCC[C@@H]21. The molecule has 2 rings (SSSR count). The fourth-order valence-electron chi connectivity index (χ4n) is 3.73. The number of fused-ring (bicyclic) bond motifs is 1. The zero-order chi connectivity index (χ0) is 13.5. The predicted molar refractivity (Wildman–Crippen MR) is 79.2 cm³/mol. The van der Waals surface area contributed by atoms with Gasteiger partial charge in [-0.15, -0.1) is 0 Å². The molecule has 0 radical (unpaired) electrons. The zero-order valence-electron chi connectivity index (χ0n) is 12.5. The Morgan fingerprint density at radius 1 is 1.11 bits per heavy atom. The number of nitrogens with zero attached hydrogens (tertiary/aromatic N) is 1. The molecular weight excluding hydrogens is 236 g/mol. The Labute approximate surface area is 118 Å². The molecule has 1 heterocycles. The van der Waals surface area contributed by atoms with Crippen LogP contribution in [-0.4, -0.2) is 30.1 Å². The molecule has 110 valence electrons. The van der Waals surface area contributed by atoms with Crippen molar-refractivity contribution in [2.75, 3.05) is 13.1 Å². The number of carbonyl (C=O) groups is 1. The number of hydrogen-bond acceptors (Lipinski definition) is 1. The summed E-state index contributed by atoms with van der Waals surface area (Å²) in [6.07, 6.45) is 12.7. The maximum Gasteiger partial charge on any atom is 0.317 e. The zero-order valence-corrected chi connectivity index (χ0v) is 12.5. The second kappa shape index (κ2) is 7.76. The molecule has 2 amide bonds. The summed E-state index contributed by atoms with van der Waals surface area (Å²) in [5.74, 6) is 0.786. The van der Waals surface area contributed by atoms with Crippen molar-refractivity contribution in [2.45, 2.75) is 77.2 Å². The quantitative estimate of drug-likeness (QED) is 0.751. The summed E-state index contributed by atoms with van der Waals surface area (Å²) in [5.41, 5.74) is 0. The van der Waals surface area contributed by atoms with Gasteiger partial charge in [0.25, 0.3) is 0 Å². The number of likely N-dealkylation sites (tertiary alicyclic amines) is 1. The van der Waals surface area contributed by atoms with Crippen LogP contribution in [0.15, 0.2) is 0 Å². The molecular formula is C16H30N2O. The van der Waals surface area contributed by atoms with E-state index in [0.29, 0.717) is 6.04 Å². The molecule has 0 aromatic heterocycles. The number of nitrogens with one attached hydrogen (secondary N) is 1. The summed E-state index contributed by atoms with van der Waals surface area (Å²) in [4.78, 5) is 14.4. The lowest BCUT2D eigenvalue weighted by Crippen LogP contribution is -2.53. The van der Waals surface area contributed by atoms with Gasteiger partial charge in [-0.2, -0.15) is 0 Å². The highest BCUT2D eigenvalue weighted by atomic mass is 16.2. The second-order valence-corrected chi connectivity index (χ2v) is 6.24. The first-order valence-electron chi connectivity index (χ1n) is 8.37. The van der Waals surface area contributed by atoms with Crippen LogP contribution in [0.4, 0.5) is 4.79 Å². The van der Waals surface area contributed by atoms with Gasteiger partial charge >= 0.3 is 6.03 Å². The topological polar surface area (TPSA) is 32.3 Å². The van der Waals surface area contributed by atoms with Crippen LogP contribution in [0.5, 0.6) is 0 Å². The van der Waals surface area contributed by atoms with Crippen molar-refractivity contribution in [2.24, 2.45) is 5.92 Å². The van der Waals surface area contributed by atoms with E-state index in [-0.39, 0.29) is 6.03 Å². The Balaban J connectivity index is 1.74. The molecule has 0 aromatic rings. The largest absolute Gasteiger partial charge is 0.338 e. The summed E-state index contributed by atoms with van der Waals surface area (Å²) in [6.45, 7) is 4.05. The molecule has 1 saturated heterocycles. The molecule has 0 spiro atoms. The molecule has 1 aliphatic carbocycles. The monoisotopic (exact) mass is 266 g/mol. The first kappa shape index (κ1) is 14.7. The molecule has 2 aliphatic rings. The highest BCUT2D eigenvalue weighted by Gasteiger charge is 2.35. The van der Waals surface area contributed by atoms with Gasteiger partial charge in [0.2, 0.25) is 0 Å². The van der Waals surface area contributed by atoms with E-state index in [4.69, 9.17) is 0 Å².